The number of nitrogens with one attached hydrogen (secondary N) is 1. The van der Waals surface area contributed by atoms with Gasteiger partial charge in [0.1, 0.15) is 5.60 Å². The summed E-state index contributed by atoms with van der Waals surface area (Å²) in [6.07, 6.45) is 4.22. The Morgan fingerprint density at radius 3 is 2.39 bits per heavy atom. The molecule has 0 aromatic heterocycles. The molecule has 0 aromatic rings. The fourth-order valence-electron chi connectivity index (χ4n) is 2.95. The molecule has 0 radical (unpaired) electrons. The zero-order valence-electron chi connectivity index (χ0n) is 14.6. The van der Waals surface area contributed by atoms with Crippen molar-refractivity contribution in [3.8, 4) is 0 Å². The number of aliphatic hydroxyl groups excluding tert-OH is 1. The first-order valence-electron chi connectivity index (χ1n) is 8.60. The van der Waals surface area contributed by atoms with Gasteiger partial charge in [-0.3, -0.25) is 4.79 Å². The average molecular weight is 328 g/mol. The zero-order chi connectivity index (χ0) is 17.5. The molecule has 1 amide bonds. The molecule has 6 heteroatoms. The first-order chi connectivity index (χ1) is 10.7. The molecule has 0 saturated heterocycles. The summed E-state index contributed by atoms with van der Waals surface area (Å²) in [6.45, 7) is 6.17. The number of hydrogen-bond acceptors (Lipinski definition) is 5. The Hall–Kier alpha value is -1.14. The molecule has 134 valence electrons. The second-order valence-electron chi connectivity index (χ2n) is 7.48. The lowest BCUT2D eigenvalue weighted by atomic mass is 9.78. The topological polar surface area (TPSA) is 102 Å². The van der Waals surface area contributed by atoms with Gasteiger partial charge in [0.2, 0.25) is 0 Å². The summed E-state index contributed by atoms with van der Waals surface area (Å²) in [5.41, 5.74) is 5.40. The van der Waals surface area contributed by atoms with Crippen LogP contribution in [-0.4, -0.2) is 41.8 Å². The third-order valence-electron chi connectivity index (χ3n) is 4.22. The van der Waals surface area contributed by atoms with Crippen LogP contribution in [0.25, 0.3) is 0 Å². The molecule has 1 unspecified atom stereocenters. The number of alkyl carbamates (subject to hydrolysis) is 1. The van der Waals surface area contributed by atoms with Crippen molar-refractivity contribution in [3.05, 3.63) is 0 Å². The molecule has 1 rings (SSSR count). The van der Waals surface area contributed by atoms with Gasteiger partial charge in [0.05, 0.1) is 6.04 Å². The molecule has 0 bridgehead atoms. The fraction of sp³-hybridized carbons (Fsp3) is 0.882. The molecule has 0 heterocycles. The van der Waals surface area contributed by atoms with Gasteiger partial charge in [0, 0.05) is 19.1 Å². The third-order valence-corrected chi connectivity index (χ3v) is 4.22. The second kappa shape index (κ2) is 9.23. The molecular weight excluding hydrogens is 296 g/mol. The Bertz CT molecular complexity index is 385. The molecule has 0 spiro atoms. The molecule has 0 aliphatic heterocycles. The van der Waals surface area contributed by atoms with Crippen LogP contribution in [0.5, 0.6) is 0 Å². The normalized spacial score (nSPS) is 23.2. The van der Waals surface area contributed by atoms with Crippen LogP contribution in [0.2, 0.25) is 0 Å². The minimum atomic E-state index is -0.487. The van der Waals surface area contributed by atoms with E-state index in [0.717, 1.165) is 25.7 Å². The Morgan fingerprint density at radius 2 is 1.87 bits per heavy atom. The van der Waals surface area contributed by atoms with Crippen LogP contribution in [0.1, 0.15) is 59.3 Å². The number of rotatable bonds is 7. The summed E-state index contributed by atoms with van der Waals surface area (Å²) >= 11 is 0. The van der Waals surface area contributed by atoms with Crippen LogP contribution < -0.4 is 11.1 Å². The van der Waals surface area contributed by atoms with Crippen molar-refractivity contribution >= 4 is 11.9 Å². The first-order valence-corrected chi connectivity index (χ1v) is 8.60. The van der Waals surface area contributed by atoms with E-state index >= 15 is 0 Å². The maximum atomic E-state index is 12.2. The van der Waals surface area contributed by atoms with E-state index in [2.05, 4.69) is 5.32 Å². The molecule has 1 atom stereocenters. The number of Topliss-reactive ketones (excluding diaryl/α,β-unsaturated/α-hetero) is 1. The van der Waals surface area contributed by atoms with Crippen LogP contribution in [-0.2, 0) is 9.53 Å². The number of carbonyl (C=O) groups excluding carboxylic acids is 2. The number of ether oxygens (including phenoxy) is 1. The molecule has 0 aromatic carbocycles. The highest BCUT2D eigenvalue weighted by atomic mass is 16.6. The van der Waals surface area contributed by atoms with Gasteiger partial charge in [-0.2, -0.15) is 0 Å². The maximum Gasteiger partial charge on any atom is 0.407 e. The van der Waals surface area contributed by atoms with Gasteiger partial charge in [-0.05, 0) is 65.2 Å². The number of carbonyl (C=O) groups is 2. The van der Waals surface area contributed by atoms with E-state index in [-0.39, 0.29) is 24.4 Å². The lowest BCUT2D eigenvalue weighted by Crippen LogP contribution is -2.39. The fourth-order valence-corrected chi connectivity index (χ4v) is 2.95. The summed E-state index contributed by atoms with van der Waals surface area (Å²) in [5.74, 6) is 0.540. The summed E-state index contributed by atoms with van der Waals surface area (Å²) < 4.78 is 5.22. The number of hydrogen-bond donors (Lipinski definition) is 3. The Labute approximate surface area is 139 Å². The van der Waals surface area contributed by atoms with Gasteiger partial charge in [-0.15, -0.1) is 0 Å². The quantitative estimate of drug-likeness (QED) is 0.663. The summed E-state index contributed by atoms with van der Waals surface area (Å²) in [7, 11) is 0. The van der Waals surface area contributed by atoms with Crippen molar-refractivity contribution in [1.82, 2.24) is 5.32 Å². The largest absolute Gasteiger partial charge is 0.444 e. The molecule has 23 heavy (non-hydrogen) atoms. The van der Waals surface area contributed by atoms with E-state index < -0.39 is 11.6 Å². The van der Waals surface area contributed by atoms with Gasteiger partial charge in [0.15, 0.2) is 5.78 Å². The first kappa shape index (κ1) is 19.9. The predicted octanol–water partition coefficient (Wildman–Crippen LogP) is 1.99. The Kier molecular flexibility index (Phi) is 7.99. The van der Waals surface area contributed by atoms with Gasteiger partial charge in [-0.1, -0.05) is 0 Å². The monoisotopic (exact) mass is 328 g/mol. The van der Waals surface area contributed by atoms with E-state index in [1.54, 1.807) is 0 Å². The molecule has 4 N–H and O–H groups in total. The minimum Gasteiger partial charge on any atom is -0.444 e. The summed E-state index contributed by atoms with van der Waals surface area (Å²) in [4.78, 5) is 23.9. The Balaban J connectivity index is 2.27. The van der Waals surface area contributed by atoms with E-state index in [9.17, 15) is 9.59 Å². The lowest BCUT2D eigenvalue weighted by Gasteiger charge is -2.29. The van der Waals surface area contributed by atoms with E-state index in [4.69, 9.17) is 15.6 Å². The van der Waals surface area contributed by atoms with Gasteiger partial charge in [-0.25, -0.2) is 4.79 Å². The highest BCUT2D eigenvalue weighted by Crippen LogP contribution is 2.30. The number of aliphatic hydroxyl groups is 1. The summed E-state index contributed by atoms with van der Waals surface area (Å²) in [6, 6.07) is -0.455. The van der Waals surface area contributed by atoms with Crippen molar-refractivity contribution in [2.45, 2.75) is 70.9 Å². The van der Waals surface area contributed by atoms with Crippen molar-refractivity contribution in [1.29, 1.82) is 0 Å². The molecule has 1 aliphatic carbocycles. The Morgan fingerprint density at radius 1 is 1.26 bits per heavy atom. The average Bonchev–Trinajstić information content (AvgIpc) is 2.48. The van der Waals surface area contributed by atoms with Crippen molar-refractivity contribution in [2.75, 3.05) is 13.2 Å². The van der Waals surface area contributed by atoms with Crippen molar-refractivity contribution in [3.63, 3.8) is 0 Å². The van der Waals surface area contributed by atoms with Crippen LogP contribution in [0.15, 0.2) is 0 Å². The van der Waals surface area contributed by atoms with Crippen LogP contribution in [0.4, 0.5) is 4.79 Å². The third kappa shape index (κ3) is 7.79. The number of amides is 1. The van der Waals surface area contributed by atoms with Gasteiger partial charge >= 0.3 is 6.09 Å². The van der Waals surface area contributed by atoms with Crippen LogP contribution >= 0.6 is 0 Å². The van der Waals surface area contributed by atoms with E-state index in [1.807, 2.05) is 20.8 Å². The van der Waals surface area contributed by atoms with E-state index in [1.165, 1.54) is 0 Å². The molecule has 1 fully saturated rings. The minimum absolute atomic E-state index is 0.0291. The standard InChI is InChI=1S/C17H32N2O4/c1-17(2,3)23-16(22)19-11-12-6-8-13(9-7-12)15(21)14(18)5-4-10-20/h12-14,20H,4-11,18H2,1-3H3,(H,19,22). The second-order valence-corrected chi connectivity index (χ2v) is 7.48. The molecular formula is C17H32N2O4. The highest BCUT2D eigenvalue weighted by molar-refractivity contribution is 5.86. The maximum absolute atomic E-state index is 12.2. The van der Waals surface area contributed by atoms with Crippen LogP contribution in [0, 0.1) is 11.8 Å². The van der Waals surface area contributed by atoms with Crippen LogP contribution in [0.3, 0.4) is 0 Å². The predicted molar refractivity (Wildman–Crippen MR) is 89.0 cm³/mol. The molecule has 1 aliphatic rings. The lowest BCUT2D eigenvalue weighted by molar-refractivity contribution is -0.125. The highest BCUT2D eigenvalue weighted by Gasteiger charge is 2.29. The number of ketones is 1. The van der Waals surface area contributed by atoms with Gasteiger partial charge < -0.3 is 20.9 Å². The van der Waals surface area contributed by atoms with Gasteiger partial charge in [0.25, 0.3) is 0 Å². The number of nitrogens with two attached hydrogens (primary N) is 1. The van der Waals surface area contributed by atoms with E-state index in [0.29, 0.717) is 25.3 Å². The SMILES string of the molecule is CC(C)(C)OC(=O)NCC1CCC(C(=O)C(N)CCCO)CC1. The zero-order valence-corrected chi connectivity index (χ0v) is 14.6. The smallest absolute Gasteiger partial charge is 0.407 e. The molecule has 1 saturated carbocycles. The summed E-state index contributed by atoms with van der Waals surface area (Å²) in [5, 5.41) is 11.6. The molecule has 6 nitrogen and oxygen atoms in total. The van der Waals surface area contributed by atoms with Crippen molar-refractivity contribution < 1.29 is 19.4 Å². The van der Waals surface area contributed by atoms with Crippen molar-refractivity contribution in [2.24, 2.45) is 17.6 Å².